The maximum atomic E-state index is 12.0. The Kier molecular flexibility index (Phi) is 1.93. The molecule has 5 heteroatoms. The number of hydrogen-bond acceptors (Lipinski definition) is 4. The standard InChI is InChI=1S/C15H7NO4/c17-15-10-3-1-2-8-4-5-9-11(16(18)19)6-7-12(20-15)14(9)13(8)10/h1-7H. The number of nitrogens with zero attached hydrogens (tertiary/aromatic N) is 1. The van der Waals surface area contributed by atoms with Crippen LogP contribution in [0, 0.1) is 10.1 Å². The summed E-state index contributed by atoms with van der Waals surface area (Å²) in [5.41, 5.74) is -0.0391. The molecule has 3 aromatic carbocycles. The molecule has 0 aliphatic heterocycles. The minimum absolute atomic E-state index is 0.0124. The summed E-state index contributed by atoms with van der Waals surface area (Å²) >= 11 is 0. The van der Waals surface area contributed by atoms with E-state index in [1.54, 1.807) is 24.3 Å². The summed E-state index contributed by atoms with van der Waals surface area (Å²) in [5.74, 6) is 0. The number of nitro groups is 1. The Bertz CT molecular complexity index is 1050. The molecule has 5 nitrogen and oxygen atoms in total. The average molecular weight is 265 g/mol. The Morgan fingerprint density at radius 2 is 1.80 bits per heavy atom. The highest BCUT2D eigenvalue weighted by Gasteiger charge is 2.19. The van der Waals surface area contributed by atoms with E-state index in [0.29, 0.717) is 21.7 Å². The van der Waals surface area contributed by atoms with Crippen molar-refractivity contribution in [3.8, 4) is 0 Å². The van der Waals surface area contributed by atoms with Gasteiger partial charge in [-0.25, -0.2) is 4.79 Å². The fourth-order valence-electron chi connectivity index (χ4n) is 2.75. The van der Waals surface area contributed by atoms with Gasteiger partial charge in [-0.05, 0) is 23.6 Å². The second-order valence-electron chi connectivity index (χ2n) is 4.62. The van der Waals surface area contributed by atoms with Gasteiger partial charge in [-0.1, -0.05) is 18.2 Å². The van der Waals surface area contributed by atoms with Crippen molar-refractivity contribution in [3.63, 3.8) is 0 Å². The Morgan fingerprint density at radius 1 is 0.950 bits per heavy atom. The van der Waals surface area contributed by atoms with Gasteiger partial charge in [0.05, 0.1) is 15.7 Å². The predicted octanol–water partition coefficient (Wildman–Crippen LogP) is 3.45. The molecule has 0 unspecified atom stereocenters. The van der Waals surface area contributed by atoms with Gasteiger partial charge in [-0.2, -0.15) is 0 Å². The molecule has 0 aliphatic carbocycles. The van der Waals surface area contributed by atoms with Gasteiger partial charge in [-0.3, -0.25) is 10.1 Å². The number of non-ortho nitro benzene ring substituents is 1. The molecule has 96 valence electrons. The third kappa shape index (κ3) is 1.23. The second-order valence-corrected chi connectivity index (χ2v) is 4.62. The Balaban J connectivity index is 2.43. The van der Waals surface area contributed by atoms with Crippen molar-refractivity contribution in [2.45, 2.75) is 0 Å². The molecule has 4 aromatic rings. The van der Waals surface area contributed by atoms with Crippen LogP contribution in [0.3, 0.4) is 0 Å². The molecule has 0 atom stereocenters. The summed E-state index contributed by atoms with van der Waals surface area (Å²) in [7, 11) is 0. The fraction of sp³-hybridized carbons (Fsp3) is 0. The molecular formula is C15H7NO4. The lowest BCUT2D eigenvalue weighted by Crippen LogP contribution is -2.01. The van der Waals surface area contributed by atoms with Crippen molar-refractivity contribution in [3.05, 3.63) is 63.0 Å². The van der Waals surface area contributed by atoms with Crippen LogP contribution in [0.2, 0.25) is 0 Å². The molecule has 0 fully saturated rings. The molecule has 0 saturated heterocycles. The summed E-state index contributed by atoms with van der Waals surface area (Å²) < 4.78 is 5.27. The first-order chi connectivity index (χ1) is 9.66. The SMILES string of the molecule is O=c1oc2ccc([N+](=O)[O-])c3ccc4cccc1c4c23. The molecule has 1 heterocycles. The van der Waals surface area contributed by atoms with Gasteiger partial charge in [0.15, 0.2) is 0 Å². The van der Waals surface area contributed by atoms with Gasteiger partial charge in [0.1, 0.15) is 5.58 Å². The highest BCUT2D eigenvalue weighted by Crippen LogP contribution is 2.36. The molecule has 0 N–H and O–H groups in total. The average Bonchev–Trinajstić information content (AvgIpc) is 2.45. The second kappa shape index (κ2) is 3.54. The van der Waals surface area contributed by atoms with Crippen LogP contribution in [-0.4, -0.2) is 4.92 Å². The molecule has 4 rings (SSSR count). The molecular weight excluding hydrogens is 258 g/mol. The first kappa shape index (κ1) is 10.9. The van der Waals surface area contributed by atoms with Crippen LogP contribution in [0.1, 0.15) is 0 Å². The molecule has 0 saturated carbocycles. The predicted molar refractivity (Wildman–Crippen MR) is 75.3 cm³/mol. The van der Waals surface area contributed by atoms with E-state index in [4.69, 9.17) is 4.42 Å². The van der Waals surface area contributed by atoms with E-state index in [2.05, 4.69) is 0 Å². The van der Waals surface area contributed by atoms with Gasteiger partial charge in [0.25, 0.3) is 5.69 Å². The summed E-state index contributed by atoms with van der Waals surface area (Å²) in [6, 6.07) is 11.6. The minimum Gasteiger partial charge on any atom is -0.422 e. The first-order valence-electron chi connectivity index (χ1n) is 6.02. The Labute approximate surface area is 111 Å². The van der Waals surface area contributed by atoms with Gasteiger partial charge >= 0.3 is 5.63 Å². The van der Waals surface area contributed by atoms with Crippen molar-refractivity contribution in [1.82, 2.24) is 0 Å². The van der Waals surface area contributed by atoms with Crippen LogP contribution >= 0.6 is 0 Å². The molecule has 0 amide bonds. The molecule has 1 aromatic heterocycles. The Hall–Kier alpha value is -2.95. The highest BCUT2D eigenvalue weighted by molar-refractivity contribution is 6.22. The van der Waals surface area contributed by atoms with Crippen LogP contribution in [0.25, 0.3) is 32.5 Å². The normalized spacial score (nSPS) is 11.6. The van der Waals surface area contributed by atoms with Crippen LogP contribution < -0.4 is 5.63 Å². The highest BCUT2D eigenvalue weighted by atomic mass is 16.6. The van der Waals surface area contributed by atoms with E-state index >= 15 is 0 Å². The Morgan fingerprint density at radius 3 is 2.60 bits per heavy atom. The van der Waals surface area contributed by atoms with Crippen molar-refractivity contribution in [2.24, 2.45) is 0 Å². The first-order valence-corrected chi connectivity index (χ1v) is 6.02. The monoisotopic (exact) mass is 265 g/mol. The zero-order valence-electron chi connectivity index (χ0n) is 10.1. The third-order valence-electron chi connectivity index (χ3n) is 3.58. The number of benzene rings is 3. The number of rotatable bonds is 1. The lowest BCUT2D eigenvalue weighted by atomic mass is 9.97. The quantitative estimate of drug-likeness (QED) is 0.229. The molecule has 20 heavy (non-hydrogen) atoms. The maximum absolute atomic E-state index is 12.0. The zero-order valence-corrected chi connectivity index (χ0v) is 10.1. The lowest BCUT2D eigenvalue weighted by Gasteiger charge is -2.08. The third-order valence-corrected chi connectivity index (χ3v) is 3.58. The topological polar surface area (TPSA) is 73.3 Å². The summed E-state index contributed by atoms with van der Waals surface area (Å²) in [5, 5.41) is 14.3. The minimum atomic E-state index is -0.427. The van der Waals surface area contributed by atoms with Crippen molar-refractivity contribution in [1.29, 1.82) is 0 Å². The van der Waals surface area contributed by atoms with E-state index in [1.165, 1.54) is 12.1 Å². The van der Waals surface area contributed by atoms with Crippen molar-refractivity contribution in [2.75, 3.05) is 0 Å². The summed E-state index contributed by atoms with van der Waals surface area (Å²) in [4.78, 5) is 22.7. The maximum Gasteiger partial charge on any atom is 0.344 e. The van der Waals surface area contributed by atoms with Crippen LogP contribution in [-0.2, 0) is 0 Å². The molecule has 0 aliphatic rings. The van der Waals surface area contributed by atoms with Gasteiger partial charge in [0.2, 0.25) is 0 Å². The number of nitro benzene ring substituents is 1. The van der Waals surface area contributed by atoms with Crippen LogP contribution in [0.5, 0.6) is 0 Å². The zero-order chi connectivity index (χ0) is 13.9. The van der Waals surface area contributed by atoms with Gasteiger partial charge in [-0.15, -0.1) is 0 Å². The van der Waals surface area contributed by atoms with Gasteiger partial charge in [0, 0.05) is 16.8 Å². The fourth-order valence-corrected chi connectivity index (χ4v) is 2.75. The molecule has 0 spiro atoms. The summed E-state index contributed by atoms with van der Waals surface area (Å²) in [6.07, 6.45) is 0. The van der Waals surface area contributed by atoms with E-state index in [1.807, 2.05) is 6.07 Å². The number of hydrogen-bond donors (Lipinski definition) is 0. The summed E-state index contributed by atoms with van der Waals surface area (Å²) in [6.45, 7) is 0. The van der Waals surface area contributed by atoms with Gasteiger partial charge < -0.3 is 4.42 Å². The van der Waals surface area contributed by atoms with E-state index in [9.17, 15) is 14.9 Å². The van der Waals surface area contributed by atoms with Crippen LogP contribution in [0.15, 0.2) is 51.7 Å². The lowest BCUT2D eigenvalue weighted by molar-refractivity contribution is -0.383. The van der Waals surface area contributed by atoms with Crippen molar-refractivity contribution < 1.29 is 9.34 Å². The van der Waals surface area contributed by atoms with Crippen LogP contribution in [0.4, 0.5) is 5.69 Å². The van der Waals surface area contributed by atoms with E-state index < -0.39 is 10.5 Å². The van der Waals surface area contributed by atoms with E-state index in [-0.39, 0.29) is 5.69 Å². The van der Waals surface area contributed by atoms with Crippen molar-refractivity contribution >= 4 is 38.2 Å². The molecule has 0 radical (unpaired) electrons. The van der Waals surface area contributed by atoms with E-state index in [0.717, 1.165) is 10.8 Å². The molecule has 0 bridgehead atoms. The largest absolute Gasteiger partial charge is 0.422 e. The smallest absolute Gasteiger partial charge is 0.344 e.